The summed E-state index contributed by atoms with van der Waals surface area (Å²) in [5, 5.41) is 11.7. The number of hydrogen-bond acceptors (Lipinski definition) is 4. The highest BCUT2D eigenvalue weighted by atomic mass is 16.1. The van der Waals surface area contributed by atoms with Gasteiger partial charge in [-0.05, 0) is 24.6 Å². The van der Waals surface area contributed by atoms with Gasteiger partial charge in [0.15, 0.2) is 0 Å². The topological polar surface area (TPSA) is 105 Å². The summed E-state index contributed by atoms with van der Waals surface area (Å²) in [7, 11) is 0. The number of hydrogen-bond donors (Lipinski definition) is 3. The molecule has 5 nitrogen and oxygen atoms in total. The van der Waals surface area contributed by atoms with Crippen molar-refractivity contribution in [3.63, 3.8) is 0 Å². The number of amides is 1. The Kier molecular flexibility index (Phi) is 4.16. The normalized spacial score (nSPS) is 9.44. The van der Waals surface area contributed by atoms with Crippen LogP contribution in [0, 0.1) is 11.3 Å². The van der Waals surface area contributed by atoms with Crippen LogP contribution in [0.15, 0.2) is 18.2 Å². The van der Waals surface area contributed by atoms with Crippen LogP contribution in [0.1, 0.15) is 18.4 Å². The molecule has 0 fully saturated rings. The van der Waals surface area contributed by atoms with Gasteiger partial charge in [-0.2, -0.15) is 5.26 Å². The van der Waals surface area contributed by atoms with Gasteiger partial charge in [0.25, 0.3) is 0 Å². The van der Waals surface area contributed by atoms with Gasteiger partial charge in [-0.15, -0.1) is 0 Å². The lowest BCUT2D eigenvalue weighted by Crippen LogP contribution is -2.13. The van der Waals surface area contributed by atoms with E-state index in [4.69, 9.17) is 16.7 Å². The maximum Gasteiger partial charge on any atom is 0.217 e. The molecule has 1 amide bonds. The predicted molar refractivity (Wildman–Crippen MR) is 62.5 cm³/mol. The zero-order chi connectivity index (χ0) is 12.0. The summed E-state index contributed by atoms with van der Waals surface area (Å²) in [6.45, 7) is 0.624. The van der Waals surface area contributed by atoms with Crippen molar-refractivity contribution in [3.8, 4) is 6.07 Å². The lowest BCUT2D eigenvalue weighted by molar-refractivity contribution is -0.118. The summed E-state index contributed by atoms with van der Waals surface area (Å²) < 4.78 is 0. The molecule has 0 saturated carbocycles. The highest BCUT2D eigenvalue weighted by Gasteiger charge is 2.00. The molecule has 0 radical (unpaired) electrons. The number of nitrogens with two attached hydrogens (primary N) is 2. The first kappa shape index (κ1) is 11.9. The minimum atomic E-state index is -0.311. The summed E-state index contributed by atoms with van der Waals surface area (Å²) >= 11 is 0. The minimum Gasteiger partial charge on any atom is -0.397 e. The summed E-state index contributed by atoms with van der Waals surface area (Å²) in [6, 6.07) is 7.05. The van der Waals surface area contributed by atoms with Crippen LogP contribution in [0.2, 0.25) is 0 Å². The van der Waals surface area contributed by atoms with E-state index in [0.717, 1.165) is 5.69 Å². The molecule has 0 unspecified atom stereocenters. The Labute approximate surface area is 94.0 Å². The number of nitrogens with one attached hydrogen (secondary N) is 1. The Morgan fingerprint density at radius 1 is 1.50 bits per heavy atom. The van der Waals surface area contributed by atoms with E-state index >= 15 is 0 Å². The number of carbonyl (C=O) groups is 1. The van der Waals surface area contributed by atoms with E-state index < -0.39 is 0 Å². The molecule has 0 aromatic heterocycles. The second-order valence-electron chi connectivity index (χ2n) is 3.41. The van der Waals surface area contributed by atoms with E-state index in [1.807, 2.05) is 6.07 Å². The van der Waals surface area contributed by atoms with E-state index in [0.29, 0.717) is 30.6 Å². The summed E-state index contributed by atoms with van der Waals surface area (Å²) in [6.07, 6.45) is 1.01. The van der Waals surface area contributed by atoms with Gasteiger partial charge < -0.3 is 16.8 Å². The van der Waals surface area contributed by atoms with Crippen LogP contribution in [0.25, 0.3) is 0 Å². The average molecular weight is 218 g/mol. The first-order valence-corrected chi connectivity index (χ1v) is 4.95. The van der Waals surface area contributed by atoms with Gasteiger partial charge in [0.2, 0.25) is 5.91 Å². The second-order valence-corrected chi connectivity index (χ2v) is 3.41. The molecule has 0 saturated heterocycles. The summed E-state index contributed by atoms with van der Waals surface area (Å²) in [4.78, 5) is 10.5. The molecule has 84 valence electrons. The second kappa shape index (κ2) is 5.61. The zero-order valence-electron chi connectivity index (χ0n) is 8.86. The highest BCUT2D eigenvalue weighted by Crippen LogP contribution is 2.19. The summed E-state index contributed by atoms with van der Waals surface area (Å²) in [5.74, 6) is -0.311. The molecule has 0 heterocycles. The van der Waals surface area contributed by atoms with Crippen molar-refractivity contribution in [1.82, 2.24) is 0 Å². The molecule has 0 aliphatic heterocycles. The average Bonchev–Trinajstić information content (AvgIpc) is 2.25. The number of rotatable bonds is 5. The third-order valence-electron chi connectivity index (χ3n) is 2.10. The number of nitrogen functional groups attached to an aromatic ring is 1. The maximum atomic E-state index is 10.5. The fourth-order valence-electron chi connectivity index (χ4n) is 1.28. The zero-order valence-corrected chi connectivity index (χ0v) is 8.86. The molecular formula is C11H14N4O. The Bertz CT molecular complexity index is 422. The van der Waals surface area contributed by atoms with Crippen molar-refractivity contribution in [1.29, 1.82) is 5.26 Å². The fraction of sp³-hybridized carbons (Fsp3) is 0.273. The van der Waals surface area contributed by atoms with E-state index in [1.54, 1.807) is 18.2 Å². The van der Waals surface area contributed by atoms with Gasteiger partial charge in [0.05, 0.1) is 23.0 Å². The maximum absolute atomic E-state index is 10.5. The van der Waals surface area contributed by atoms with Gasteiger partial charge in [-0.1, -0.05) is 0 Å². The fourth-order valence-corrected chi connectivity index (χ4v) is 1.28. The van der Waals surface area contributed by atoms with E-state index in [-0.39, 0.29) is 5.91 Å². The van der Waals surface area contributed by atoms with Gasteiger partial charge in [0.1, 0.15) is 0 Å². The van der Waals surface area contributed by atoms with E-state index in [2.05, 4.69) is 5.32 Å². The van der Waals surface area contributed by atoms with Crippen molar-refractivity contribution < 1.29 is 4.79 Å². The summed E-state index contributed by atoms with van der Waals surface area (Å²) in [5.41, 5.74) is 12.6. The molecule has 1 aromatic carbocycles. The van der Waals surface area contributed by atoms with Crippen molar-refractivity contribution in [3.05, 3.63) is 23.8 Å². The molecule has 5 N–H and O–H groups in total. The Morgan fingerprint density at radius 3 is 2.81 bits per heavy atom. The Morgan fingerprint density at radius 2 is 2.25 bits per heavy atom. The van der Waals surface area contributed by atoms with Crippen molar-refractivity contribution in [2.24, 2.45) is 5.73 Å². The number of nitriles is 1. The van der Waals surface area contributed by atoms with Crippen LogP contribution in [0.3, 0.4) is 0 Å². The van der Waals surface area contributed by atoms with Crippen LogP contribution in [0.5, 0.6) is 0 Å². The molecular weight excluding hydrogens is 204 g/mol. The molecule has 0 aliphatic carbocycles. The van der Waals surface area contributed by atoms with Gasteiger partial charge in [-0.3, -0.25) is 4.79 Å². The highest BCUT2D eigenvalue weighted by molar-refractivity contribution is 5.73. The quantitative estimate of drug-likeness (QED) is 0.502. The van der Waals surface area contributed by atoms with Crippen LogP contribution in [-0.4, -0.2) is 12.5 Å². The molecule has 0 spiro atoms. The van der Waals surface area contributed by atoms with Crippen LogP contribution in [0.4, 0.5) is 11.4 Å². The first-order chi connectivity index (χ1) is 7.63. The minimum absolute atomic E-state index is 0.311. The van der Waals surface area contributed by atoms with Crippen LogP contribution in [-0.2, 0) is 4.79 Å². The molecule has 0 atom stereocenters. The lowest BCUT2D eigenvalue weighted by atomic mass is 10.2. The lowest BCUT2D eigenvalue weighted by Gasteiger charge is -2.08. The number of benzene rings is 1. The monoisotopic (exact) mass is 218 g/mol. The molecule has 1 aromatic rings. The largest absolute Gasteiger partial charge is 0.397 e. The van der Waals surface area contributed by atoms with Gasteiger partial charge in [-0.25, -0.2) is 0 Å². The Balaban J connectivity index is 2.49. The number of carbonyl (C=O) groups excluding carboxylic acids is 1. The molecule has 0 bridgehead atoms. The molecule has 5 heteroatoms. The van der Waals surface area contributed by atoms with Crippen molar-refractivity contribution in [2.75, 3.05) is 17.6 Å². The predicted octanol–water partition coefficient (Wildman–Crippen LogP) is 0.818. The molecule has 16 heavy (non-hydrogen) atoms. The number of anilines is 2. The third kappa shape index (κ3) is 3.50. The van der Waals surface area contributed by atoms with Crippen molar-refractivity contribution >= 4 is 17.3 Å². The first-order valence-electron chi connectivity index (χ1n) is 4.95. The SMILES string of the molecule is N#Cc1ccc(NCCCC(N)=O)c(N)c1. The Hall–Kier alpha value is -2.22. The van der Waals surface area contributed by atoms with E-state index in [9.17, 15) is 4.79 Å². The standard InChI is InChI=1S/C11H14N4O/c12-7-8-3-4-10(9(13)6-8)15-5-1-2-11(14)16/h3-4,6,15H,1-2,5,13H2,(H2,14,16). The van der Waals surface area contributed by atoms with Crippen LogP contribution >= 0.6 is 0 Å². The van der Waals surface area contributed by atoms with Gasteiger partial charge in [0, 0.05) is 13.0 Å². The third-order valence-corrected chi connectivity index (χ3v) is 2.10. The number of primary amides is 1. The molecule has 0 aliphatic rings. The number of nitrogens with zero attached hydrogens (tertiary/aromatic N) is 1. The van der Waals surface area contributed by atoms with Crippen LogP contribution < -0.4 is 16.8 Å². The molecule has 1 rings (SSSR count). The smallest absolute Gasteiger partial charge is 0.217 e. The van der Waals surface area contributed by atoms with Crippen molar-refractivity contribution in [2.45, 2.75) is 12.8 Å². The van der Waals surface area contributed by atoms with Gasteiger partial charge >= 0.3 is 0 Å². The van der Waals surface area contributed by atoms with E-state index in [1.165, 1.54) is 0 Å².